The summed E-state index contributed by atoms with van der Waals surface area (Å²) in [6.07, 6.45) is 0. The highest BCUT2D eigenvalue weighted by Crippen LogP contribution is 2.19. The molecule has 0 saturated carbocycles. The second-order valence-corrected chi connectivity index (χ2v) is 4.30. The first kappa shape index (κ1) is 11.5. The van der Waals surface area contributed by atoms with Crippen LogP contribution in [0.25, 0.3) is 16.9 Å². The van der Waals surface area contributed by atoms with Crippen molar-refractivity contribution >= 4 is 0 Å². The summed E-state index contributed by atoms with van der Waals surface area (Å²) in [7, 11) is 0. The van der Waals surface area contributed by atoms with Crippen LogP contribution < -0.4 is 4.85 Å². The topological polar surface area (TPSA) is 44.8 Å². The maximum atomic E-state index is 12.2. The molecular formula is C15H13N3O. The van der Waals surface area contributed by atoms with Crippen LogP contribution in [0.2, 0.25) is 0 Å². The molecule has 4 heteroatoms. The molecule has 0 radical (unpaired) electrons. The van der Waals surface area contributed by atoms with E-state index in [9.17, 15) is 5.21 Å². The number of hydrogen-bond acceptors (Lipinski definition) is 2. The largest absolute Gasteiger partial charge is 0.692 e. The van der Waals surface area contributed by atoms with Crippen molar-refractivity contribution in [3.8, 4) is 16.9 Å². The molecule has 4 nitrogen and oxygen atoms in total. The van der Waals surface area contributed by atoms with Gasteiger partial charge < -0.3 is 5.21 Å². The Morgan fingerprint density at radius 1 is 0.947 bits per heavy atom. The fourth-order valence-electron chi connectivity index (χ4n) is 2.03. The van der Waals surface area contributed by atoms with Crippen LogP contribution in [0.5, 0.6) is 0 Å². The Balaban J connectivity index is 2.16. The molecular weight excluding hydrogens is 238 g/mol. The number of para-hydroxylation sites is 1. The van der Waals surface area contributed by atoms with Crippen molar-refractivity contribution in [3.05, 3.63) is 71.6 Å². The summed E-state index contributed by atoms with van der Waals surface area (Å²) in [5.74, 6) is 0. The smallest absolute Gasteiger partial charge is 0.252 e. The third kappa shape index (κ3) is 1.97. The Hall–Kier alpha value is -2.62. The van der Waals surface area contributed by atoms with Gasteiger partial charge in [-0.05, 0) is 16.9 Å². The molecule has 0 saturated heterocycles. The van der Waals surface area contributed by atoms with E-state index in [2.05, 4.69) is 5.10 Å². The highest BCUT2D eigenvalue weighted by molar-refractivity contribution is 5.59. The quantitative estimate of drug-likeness (QED) is 0.519. The summed E-state index contributed by atoms with van der Waals surface area (Å²) in [4.78, 5) is 2.19. The SMILES string of the molecule is Cc1c(-c2ccccc2)nn(-c2ccccc2)[n+]1[O-]. The van der Waals surface area contributed by atoms with Crippen LogP contribution in [0.1, 0.15) is 5.69 Å². The Kier molecular flexibility index (Phi) is 2.76. The predicted octanol–water partition coefficient (Wildman–Crippen LogP) is 2.48. The van der Waals surface area contributed by atoms with Crippen LogP contribution in [0.15, 0.2) is 60.7 Å². The van der Waals surface area contributed by atoms with Gasteiger partial charge in [-0.15, -0.1) is 4.85 Å². The third-order valence-corrected chi connectivity index (χ3v) is 3.03. The lowest BCUT2D eigenvalue weighted by atomic mass is 10.1. The molecule has 0 amide bonds. The van der Waals surface area contributed by atoms with Crippen LogP contribution in [0.4, 0.5) is 0 Å². The molecule has 2 aromatic carbocycles. The van der Waals surface area contributed by atoms with Crippen molar-refractivity contribution in [1.82, 2.24) is 9.90 Å². The van der Waals surface area contributed by atoms with Gasteiger partial charge in [0.25, 0.3) is 5.69 Å². The summed E-state index contributed by atoms with van der Waals surface area (Å²) in [5.41, 5.74) is 3.00. The van der Waals surface area contributed by atoms with Crippen LogP contribution in [-0.4, -0.2) is 9.90 Å². The predicted molar refractivity (Wildman–Crippen MR) is 72.7 cm³/mol. The zero-order valence-corrected chi connectivity index (χ0v) is 10.5. The maximum Gasteiger partial charge on any atom is 0.252 e. The maximum absolute atomic E-state index is 12.2. The highest BCUT2D eigenvalue weighted by atomic mass is 16.5. The fraction of sp³-hybridized carbons (Fsp3) is 0.0667. The van der Waals surface area contributed by atoms with Gasteiger partial charge in [0.2, 0.25) is 0 Å². The van der Waals surface area contributed by atoms with Crippen molar-refractivity contribution in [3.63, 3.8) is 0 Å². The van der Waals surface area contributed by atoms with Gasteiger partial charge >= 0.3 is 0 Å². The number of aromatic nitrogens is 3. The molecule has 19 heavy (non-hydrogen) atoms. The van der Waals surface area contributed by atoms with E-state index in [1.807, 2.05) is 60.7 Å². The molecule has 1 aromatic heterocycles. The van der Waals surface area contributed by atoms with E-state index in [1.54, 1.807) is 6.92 Å². The van der Waals surface area contributed by atoms with Crippen molar-refractivity contribution in [1.29, 1.82) is 0 Å². The van der Waals surface area contributed by atoms with Gasteiger partial charge in [0.05, 0.1) is 5.10 Å². The number of nitrogens with zero attached hydrogens (tertiary/aromatic N) is 3. The molecule has 0 aliphatic rings. The highest BCUT2D eigenvalue weighted by Gasteiger charge is 2.21. The van der Waals surface area contributed by atoms with Gasteiger partial charge in [0.1, 0.15) is 5.69 Å². The molecule has 0 unspecified atom stereocenters. The molecule has 0 aliphatic carbocycles. The third-order valence-electron chi connectivity index (χ3n) is 3.03. The Morgan fingerprint density at radius 3 is 2.16 bits per heavy atom. The number of benzene rings is 2. The van der Waals surface area contributed by atoms with Crippen LogP contribution in [0.3, 0.4) is 0 Å². The van der Waals surface area contributed by atoms with Crippen LogP contribution in [0, 0.1) is 12.1 Å². The summed E-state index contributed by atoms with van der Waals surface area (Å²) in [6, 6.07) is 19.1. The van der Waals surface area contributed by atoms with Gasteiger partial charge in [-0.2, -0.15) is 0 Å². The molecule has 0 N–H and O–H groups in total. The van der Waals surface area contributed by atoms with Crippen LogP contribution >= 0.6 is 0 Å². The Labute approximate surface area is 111 Å². The van der Waals surface area contributed by atoms with Gasteiger partial charge in [-0.3, -0.25) is 0 Å². The van der Waals surface area contributed by atoms with Crippen molar-refractivity contribution < 1.29 is 4.85 Å². The first-order valence-electron chi connectivity index (χ1n) is 6.07. The van der Waals surface area contributed by atoms with Crippen molar-refractivity contribution in [2.45, 2.75) is 6.92 Å². The standard InChI is InChI=1S/C15H13N3O/c1-12-15(13-8-4-2-5-9-13)16-17(18(12)19)14-10-6-3-7-11-14/h2-11H,1H3. The average Bonchev–Trinajstić information content (AvgIpc) is 2.77. The summed E-state index contributed by atoms with van der Waals surface area (Å²) in [5, 5.41) is 16.6. The average molecular weight is 251 g/mol. The zero-order valence-electron chi connectivity index (χ0n) is 10.5. The fourth-order valence-corrected chi connectivity index (χ4v) is 2.03. The number of hydrogen-bond donors (Lipinski definition) is 0. The molecule has 0 aliphatic heterocycles. The van der Waals surface area contributed by atoms with E-state index in [1.165, 1.54) is 4.80 Å². The zero-order chi connectivity index (χ0) is 13.2. The lowest BCUT2D eigenvalue weighted by molar-refractivity contribution is -0.694. The molecule has 0 atom stereocenters. The Bertz CT molecular complexity index is 630. The van der Waals surface area contributed by atoms with Gasteiger partial charge in [-0.25, -0.2) is 0 Å². The van der Waals surface area contributed by atoms with E-state index in [-0.39, 0.29) is 0 Å². The lowest BCUT2D eigenvalue weighted by Crippen LogP contribution is -2.39. The van der Waals surface area contributed by atoms with Crippen molar-refractivity contribution in [2.24, 2.45) is 0 Å². The molecule has 1 heterocycles. The minimum Gasteiger partial charge on any atom is -0.692 e. The first-order chi connectivity index (χ1) is 9.27. The minimum absolute atomic E-state index is 0.593. The van der Waals surface area contributed by atoms with Gasteiger partial charge in [-0.1, -0.05) is 48.5 Å². The Morgan fingerprint density at radius 2 is 1.53 bits per heavy atom. The van der Waals surface area contributed by atoms with Crippen molar-refractivity contribution in [2.75, 3.05) is 0 Å². The molecule has 0 fully saturated rings. The summed E-state index contributed by atoms with van der Waals surface area (Å²) >= 11 is 0. The summed E-state index contributed by atoms with van der Waals surface area (Å²) < 4.78 is 0. The van der Waals surface area contributed by atoms with E-state index in [0.29, 0.717) is 11.4 Å². The van der Waals surface area contributed by atoms with E-state index in [0.717, 1.165) is 16.1 Å². The lowest BCUT2D eigenvalue weighted by Gasteiger charge is -2.03. The molecule has 0 bridgehead atoms. The molecule has 0 spiro atoms. The van der Waals surface area contributed by atoms with Gasteiger partial charge in [0, 0.05) is 12.5 Å². The van der Waals surface area contributed by atoms with E-state index < -0.39 is 0 Å². The molecule has 3 rings (SSSR count). The van der Waals surface area contributed by atoms with E-state index in [4.69, 9.17) is 0 Å². The minimum atomic E-state index is 0.593. The van der Waals surface area contributed by atoms with Gasteiger partial charge in [0.15, 0.2) is 5.69 Å². The van der Waals surface area contributed by atoms with E-state index >= 15 is 0 Å². The normalized spacial score (nSPS) is 10.6. The molecule has 94 valence electrons. The van der Waals surface area contributed by atoms with Crippen LogP contribution in [-0.2, 0) is 0 Å². The monoisotopic (exact) mass is 251 g/mol. The second kappa shape index (κ2) is 4.57. The summed E-state index contributed by atoms with van der Waals surface area (Å²) in [6.45, 7) is 1.78. The first-order valence-corrected chi connectivity index (χ1v) is 6.07. The number of rotatable bonds is 2. The molecule has 3 aromatic rings. The second-order valence-electron chi connectivity index (χ2n) is 4.30.